The number of hydrogen-bond acceptors (Lipinski definition) is 4. The molecule has 1 N–H and O–H groups in total. The standard InChI is InChI=1S/C18H18N2O4/c1-3-20-15-10-13(6-9-16(15)24-18(20)22)17(21)19-11-12-4-7-14(23-2)8-5-12/h4-10H,3,11H2,1-2H3,(H,19,21). The number of rotatable bonds is 5. The monoisotopic (exact) mass is 326 g/mol. The van der Waals surface area contributed by atoms with Gasteiger partial charge in [-0.15, -0.1) is 0 Å². The molecule has 2 aromatic carbocycles. The molecule has 0 radical (unpaired) electrons. The number of aromatic nitrogens is 1. The summed E-state index contributed by atoms with van der Waals surface area (Å²) in [6.07, 6.45) is 0. The Labute approximate surface area is 138 Å². The summed E-state index contributed by atoms with van der Waals surface area (Å²) in [7, 11) is 1.61. The molecule has 124 valence electrons. The molecule has 0 spiro atoms. The Morgan fingerprint density at radius 3 is 2.62 bits per heavy atom. The molecule has 0 aliphatic carbocycles. The SMILES string of the molecule is CCn1c(=O)oc2ccc(C(=O)NCc3ccc(OC)cc3)cc21. The maximum absolute atomic E-state index is 12.3. The minimum absolute atomic E-state index is 0.205. The van der Waals surface area contributed by atoms with E-state index in [0.717, 1.165) is 11.3 Å². The predicted molar refractivity (Wildman–Crippen MR) is 90.3 cm³/mol. The van der Waals surface area contributed by atoms with E-state index in [0.29, 0.717) is 29.8 Å². The zero-order valence-corrected chi connectivity index (χ0v) is 13.5. The van der Waals surface area contributed by atoms with Crippen molar-refractivity contribution in [3.8, 4) is 5.75 Å². The van der Waals surface area contributed by atoms with E-state index in [-0.39, 0.29) is 5.91 Å². The Hall–Kier alpha value is -3.02. The number of oxazole rings is 1. The van der Waals surface area contributed by atoms with Crippen molar-refractivity contribution in [2.75, 3.05) is 7.11 Å². The summed E-state index contributed by atoms with van der Waals surface area (Å²) in [5.74, 6) is 0.153. The van der Waals surface area contributed by atoms with Crippen LogP contribution in [0.25, 0.3) is 11.1 Å². The summed E-state index contributed by atoms with van der Waals surface area (Å²) < 4.78 is 11.7. The largest absolute Gasteiger partial charge is 0.497 e. The number of fused-ring (bicyclic) bond motifs is 1. The quantitative estimate of drug-likeness (QED) is 0.782. The maximum atomic E-state index is 12.3. The van der Waals surface area contributed by atoms with E-state index in [4.69, 9.17) is 9.15 Å². The zero-order valence-electron chi connectivity index (χ0n) is 13.5. The summed E-state index contributed by atoms with van der Waals surface area (Å²) >= 11 is 0. The molecule has 0 saturated heterocycles. The highest BCUT2D eigenvalue weighted by molar-refractivity contribution is 5.97. The number of nitrogens with one attached hydrogen (secondary N) is 1. The Morgan fingerprint density at radius 1 is 1.21 bits per heavy atom. The van der Waals surface area contributed by atoms with Crippen LogP contribution in [-0.2, 0) is 13.1 Å². The van der Waals surface area contributed by atoms with Gasteiger partial charge in [-0.1, -0.05) is 12.1 Å². The van der Waals surface area contributed by atoms with Crippen molar-refractivity contribution in [1.82, 2.24) is 9.88 Å². The second kappa shape index (κ2) is 6.62. The molecule has 6 nitrogen and oxygen atoms in total. The molecule has 0 bridgehead atoms. The fraction of sp³-hybridized carbons (Fsp3) is 0.222. The number of carbonyl (C=O) groups is 1. The lowest BCUT2D eigenvalue weighted by molar-refractivity contribution is 0.0951. The average Bonchev–Trinajstić information content (AvgIpc) is 2.94. The molecule has 3 aromatic rings. The summed E-state index contributed by atoms with van der Waals surface area (Å²) in [6, 6.07) is 12.4. The number of benzene rings is 2. The molecule has 0 unspecified atom stereocenters. The lowest BCUT2D eigenvalue weighted by atomic mass is 10.1. The van der Waals surface area contributed by atoms with Crippen LogP contribution in [0.15, 0.2) is 51.7 Å². The van der Waals surface area contributed by atoms with E-state index in [2.05, 4.69) is 5.32 Å². The van der Waals surface area contributed by atoms with Crippen LogP contribution in [-0.4, -0.2) is 17.6 Å². The van der Waals surface area contributed by atoms with Gasteiger partial charge in [0.1, 0.15) is 5.75 Å². The molecular formula is C18H18N2O4. The molecule has 0 aliphatic rings. The first-order valence-electron chi connectivity index (χ1n) is 7.67. The first-order chi connectivity index (χ1) is 11.6. The van der Waals surface area contributed by atoms with Crippen molar-refractivity contribution in [2.45, 2.75) is 20.0 Å². The topological polar surface area (TPSA) is 73.5 Å². The van der Waals surface area contributed by atoms with E-state index < -0.39 is 5.76 Å². The smallest absolute Gasteiger partial charge is 0.419 e. The number of amides is 1. The number of aryl methyl sites for hydroxylation is 1. The van der Waals surface area contributed by atoms with E-state index in [1.807, 2.05) is 31.2 Å². The van der Waals surface area contributed by atoms with E-state index in [1.54, 1.807) is 25.3 Å². The maximum Gasteiger partial charge on any atom is 0.419 e. The zero-order chi connectivity index (χ0) is 17.1. The van der Waals surface area contributed by atoms with Gasteiger partial charge in [-0.25, -0.2) is 4.79 Å². The molecule has 0 saturated carbocycles. The van der Waals surface area contributed by atoms with Crippen LogP contribution in [0.1, 0.15) is 22.8 Å². The van der Waals surface area contributed by atoms with E-state index in [1.165, 1.54) is 4.57 Å². The summed E-state index contributed by atoms with van der Waals surface area (Å²) in [5.41, 5.74) is 2.56. The van der Waals surface area contributed by atoms with Crippen LogP contribution in [0.2, 0.25) is 0 Å². The highest BCUT2D eigenvalue weighted by Crippen LogP contribution is 2.16. The van der Waals surface area contributed by atoms with Crippen molar-refractivity contribution in [2.24, 2.45) is 0 Å². The molecule has 1 aromatic heterocycles. The molecule has 0 aliphatic heterocycles. The number of ether oxygens (including phenoxy) is 1. The van der Waals surface area contributed by atoms with Gasteiger partial charge in [0, 0.05) is 18.7 Å². The second-order valence-corrected chi connectivity index (χ2v) is 5.33. The summed E-state index contributed by atoms with van der Waals surface area (Å²) in [4.78, 5) is 24.0. The van der Waals surface area contributed by atoms with Gasteiger partial charge in [-0.3, -0.25) is 9.36 Å². The third-order valence-corrected chi connectivity index (χ3v) is 3.86. The van der Waals surface area contributed by atoms with Gasteiger partial charge < -0.3 is 14.5 Å². The van der Waals surface area contributed by atoms with Crippen molar-refractivity contribution in [1.29, 1.82) is 0 Å². The van der Waals surface area contributed by atoms with Gasteiger partial charge in [0.05, 0.1) is 12.6 Å². The van der Waals surface area contributed by atoms with Crippen molar-refractivity contribution in [3.05, 3.63) is 64.1 Å². The molecular weight excluding hydrogens is 308 g/mol. The van der Waals surface area contributed by atoms with Gasteiger partial charge in [-0.05, 0) is 42.8 Å². The molecule has 0 fully saturated rings. The molecule has 1 amide bonds. The van der Waals surface area contributed by atoms with Crippen LogP contribution in [0.5, 0.6) is 5.75 Å². The number of carbonyl (C=O) groups excluding carboxylic acids is 1. The number of hydrogen-bond donors (Lipinski definition) is 1. The Kier molecular flexibility index (Phi) is 4.37. The average molecular weight is 326 g/mol. The van der Waals surface area contributed by atoms with Crippen LogP contribution in [0, 0.1) is 0 Å². The predicted octanol–water partition coefficient (Wildman–Crippen LogP) is 2.55. The molecule has 6 heteroatoms. The summed E-state index contributed by atoms with van der Waals surface area (Å²) in [5, 5.41) is 2.86. The van der Waals surface area contributed by atoms with Crippen molar-refractivity contribution < 1.29 is 13.9 Å². The van der Waals surface area contributed by atoms with Gasteiger partial charge in [-0.2, -0.15) is 0 Å². The van der Waals surface area contributed by atoms with Crippen LogP contribution in [0.4, 0.5) is 0 Å². The fourth-order valence-electron chi connectivity index (χ4n) is 2.53. The first-order valence-corrected chi connectivity index (χ1v) is 7.67. The Morgan fingerprint density at radius 2 is 1.96 bits per heavy atom. The highest BCUT2D eigenvalue weighted by Gasteiger charge is 2.12. The third-order valence-electron chi connectivity index (χ3n) is 3.86. The van der Waals surface area contributed by atoms with Crippen molar-refractivity contribution >= 4 is 17.0 Å². The molecule has 24 heavy (non-hydrogen) atoms. The van der Waals surface area contributed by atoms with Gasteiger partial charge in [0.25, 0.3) is 5.91 Å². The van der Waals surface area contributed by atoms with Gasteiger partial charge in [0.15, 0.2) is 5.58 Å². The Bertz CT molecular complexity index is 922. The summed E-state index contributed by atoms with van der Waals surface area (Å²) in [6.45, 7) is 2.75. The van der Waals surface area contributed by atoms with Crippen LogP contribution < -0.4 is 15.8 Å². The fourth-order valence-corrected chi connectivity index (χ4v) is 2.53. The highest BCUT2D eigenvalue weighted by atomic mass is 16.5. The molecule has 1 heterocycles. The molecule has 0 atom stereocenters. The van der Waals surface area contributed by atoms with Crippen molar-refractivity contribution in [3.63, 3.8) is 0 Å². The second-order valence-electron chi connectivity index (χ2n) is 5.33. The number of nitrogens with zero attached hydrogens (tertiary/aromatic N) is 1. The van der Waals surface area contributed by atoms with Crippen LogP contribution in [0.3, 0.4) is 0 Å². The normalized spacial score (nSPS) is 10.8. The number of methoxy groups -OCH3 is 1. The van der Waals surface area contributed by atoms with E-state index >= 15 is 0 Å². The minimum atomic E-state index is -0.414. The molecule has 3 rings (SSSR count). The lowest BCUT2D eigenvalue weighted by Gasteiger charge is -2.07. The first kappa shape index (κ1) is 15.9. The Balaban J connectivity index is 1.76. The van der Waals surface area contributed by atoms with Crippen LogP contribution >= 0.6 is 0 Å². The van der Waals surface area contributed by atoms with Gasteiger partial charge >= 0.3 is 5.76 Å². The lowest BCUT2D eigenvalue weighted by Crippen LogP contribution is -2.22. The van der Waals surface area contributed by atoms with Gasteiger partial charge in [0.2, 0.25) is 0 Å². The third kappa shape index (κ3) is 3.03. The minimum Gasteiger partial charge on any atom is -0.497 e. The van der Waals surface area contributed by atoms with E-state index in [9.17, 15) is 9.59 Å².